The topological polar surface area (TPSA) is 17.1 Å². The number of benzene rings is 1. The standard InChI is InChI=1S/C18H24O/c1-14-6-10-17(11-7-14)15(2)4-3-5-16-8-12-18(19)13-9-16/h6-8,10-11,15H,3-5,9,12-13H2,1-2H3. The van der Waals surface area contributed by atoms with Crippen molar-refractivity contribution < 1.29 is 4.79 Å². The third-order valence-corrected chi connectivity index (χ3v) is 4.12. The van der Waals surface area contributed by atoms with E-state index in [-0.39, 0.29) is 0 Å². The van der Waals surface area contributed by atoms with E-state index >= 15 is 0 Å². The molecule has 2 rings (SSSR count). The fourth-order valence-electron chi connectivity index (χ4n) is 2.69. The summed E-state index contributed by atoms with van der Waals surface area (Å²) in [6, 6.07) is 8.89. The van der Waals surface area contributed by atoms with Crippen LogP contribution in [0.5, 0.6) is 0 Å². The molecule has 1 aromatic carbocycles. The van der Waals surface area contributed by atoms with Gasteiger partial charge in [0.2, 0.25) is 0 Å². The summed E-state index contributed by atoms with van der Waals surface area (Å²) < 4.78 is 0. The third-order valence-electron chi connectivity index (χ3n) is 4.12. The molecule has 0 N–H and O–H groups in total. The molecule has 0 heterocycles. The van der Waals surface area contributed by atoms with Gasteiger partial charge < -0.3 is 0 Å². The molecule has 1 aliphatic carbocycles. The molecule has 0 bridgehead atoms. The maximum Gasteiger partial charge on any atom is 0.136 e. The van der Waals surface area contributed by atoms with E-state index < -0.39 is 0 Å². The van der Waals surface area contributed by atoms with Crippen molar-refractivity contribution in [2.24, 2.45) is 0 Å². The predicted octanol–water partition coefficient (Wildman–Crippen LogP) is 4.95. The van der Waals surface area contributed by atoms with E-state index in [0.29, 0.717) is 18.1 Å². The van der Waals surface area contributed by atoms with Gasteiger partial charge in [0, 0.05) is 12.8 Å². The largest absolute Gasteiger partial charge is 0.299 e. The van der Waals surface area contributed by atoms with Gasteiger partial charge in [0.1, 0.15) is 5.78 Å². The molecule has 1 aliphatic rings. The Balaban J connectivity index is 1.76. The lowest BCUT2D eigenvalue weighted by Crippen LogP contribution is -2.04. The van der Waals surface area contributed by atoms with Crippen LogP contribution in [-0.2, 0) is 4.79 Å². The highest BCUT2D eigenvalue weighted by Gasteiger charge is 2.11. The zero-order valence-corrected chi connectivity index (χ0v) is 12.1. The lowest BCUT2D eigenvalue weighted by molar-refractivity contribution is -0.118. The highest BCUT2D eigenvalue weighted by atomic mass is 16.1. The first kappa shape index (κ1) is 14.0. The van der Waals surface area contributed by atoms with Gasteiger partial charge in [0.15, 0.2) is 0 Å². The van der Waals surface area contributed by atoms with Gasteiger partial charge in [-0.1, -0.05) is 48.4 Å². The highest BCUT2D eigenvalue weighted by Crippen LogP contribution is 2.25. The first-order valence-corrected chi connectivity index (χ1v) is 7.41. The molecule has 0 aromatic heterocycles. The number of Topliss-reactive ketones (excluding diaryl/α,β-unsaturated/α-hetero) is 1. The molecule has 0 radical (unpaired) electrons. The first-order valence-electron chi connectivity index (χ1n) is 7.41. The average Bonchev–Trinajstić information content (AvgIpc) is 2.41. The lowest BCUT2D eigenvalue weighted by atomic mass is 9.90. The summed E-state index contributed by atoms with van der Waals surface area (Å²) in [7, 11) is 0. The van der Waals surface area contributed by atoms with Crippen LogP contribution in [0, 0.1) is 6.92 Å². The fourth-order valence-corrected chi connectivity index (χ4v) is 2.69. The lowest BCUT2D eigenvalue weighted by Gasteiger charge is -2.15. The maximum atomic E-state index is 11.2. The number of hydrogen-bond acceptors (Lipinski definition) is 1. The van der Waals surface area contributed by atoms with Crippen LogP contribution < -0.4 is 0 Å². The Labute approximate surface area is 116 Å². The molecule has 0 aliphatic heterocycles. The number of allylic oxidation sites excluding steroid dienone is 2. The Morgan fingerprint density at radius 3 is 2.53 bits per heavy atom. The summed E-state index contributed by atoms with van der Waals surface area (Å²) in [5, 5.41) is 0. The number of ketones is 1. The molecular weight excluding hydrogens is 232 g/mol. The SMILES string of the molecule is Cc1ccc(C(C)CCCC2=CCC(=O)CC2)cc1. The summed E-state index contributed by atoms with van der Waals surface area (Å²) in [5.74, 6) is 1.03. The number of aryl methyl sites for hydroxylation is 1. The number of carbonyl (C=O) groups is 1. The zero-order chi connectivity index (χ0) is 13.7. The predicted molar refractivity (Wildman–Crippen MR) is 80.4 cm³/mol. The van der Waals surface area contributed by atoms with Crippen molar-refractivity contribution in [3.05, 3.63) is 47.0 Å². The van der Waals surface area contributed by atoms with E-state index in [4.69, 9.17) is 0 Å². The minimum atomic E-state index is 0.400. The van der Waals surface area contributed by atoms with Gasteiger partial charge in [-0.15, -0.1) is 0 Å². The Morgan fingerprint density at radius 1 is 1.16 bits per heavy atom. The van der Waals surface area contributed by atoms with Crippen molar-refractivity contribution in [2.75, 3.05) is 0 Å². The quantitative estimate of drug-likeness (QED) is 0.681. The second-order valence-electron chi connectivity index (χ2n) is 5.81. The average molecular weight is 256 g/mol. The van der Waals surface area contributed by atoms with Gasteiger partial charge in [-0.25, -0.2) is 0 Å². The van der Waals surface area contributed by atoms with Crippen molar-refractivity contribution in [3.8, 4) is 0 Å². The van der Waals surface area contributed by atoms with E-state index in [1.165, 1.54) is 36.0 Å². The molecule has 19 heavy (non-hydrogen) atoms. The molecule has 1 aromatic rings. The summed E-state index contributed by atoms with van der Waals surface area (Å²) in [6.07, 6.45) is 8.22. The van der Waals surface area contributed by atoms with Crippen LogP contribution in [0.15, 0.2) is 35.9 Å². The van der Waals surface area contributed by atoms with Crippen molar-refractivity contribution in [1.29, 1.82) is 0 Å². The van der Waals surface area contributed by atoms with E-state index in [1.807, 2.05) is 0 Å². The Hall–Kier alpha value is -1.37. The number of rotatable bonds is 5. The summed E-state index contributed by atoms with van der Waals surface area (Å²) >= 11 is 0. The summed E-state index contributed by atoms with van der Waals surface area (Å²) in [6.45, 7) is 4.44. The van der Waals surface area contributed by atoms with Crippen LogP contribution in [-0.4, -0.2) is 5.78 Å². The molecule has 0 saturated heterocycles. The Kier molecular flexibility index (Phi) is 4.95. The normalized spacial score (nSPS) is 17.2. The van der Waals surface area contributed by atoms with E-state index in [2.05, 4.69) is 44.2 Å². The van der Waals surface area contributed by atoms with Crippen LogP contribution >= 0.6 is 0 Å². The van der Waals surface area contributed by atoms with Gasteiger partial charge in [0.05, 0.1) is 0 Å². The molecule has 0 fully saturated rings. The Morgan fingerprint density at radius 2 is 1.89 bits per heavy atom. The fraction of sp³-hybridized carbons (Fsp3) is 0.500. The molecule has 0 saturated carbocycles. The second kappa shape index (κ2) is 6.70. The molecule has 1 nitrogen and oxygen atoms in total. The molecular formula is C18H24O. The van der Waals surface area contributed by atoms with Gasteiger partial charge >= 0.3 is 0 Å². The van der Waals surface area contributed by atoms with Gasteiger partial charge in [-0.2, -0.15) is 0 Å². The monoisotopic (exact) mass is 256 g/mol. The number of carbonyl (C=O) groups excluding carboxylic acids is 1. The molecule has 0 spiro atoms. The van der Waals surface area contributed by atoms with Crippen molar-refractivity contribution in [3.63, 3.8) is 0 Å². The van der Waals surface area contributed by atoms with E-state index in [9.17, 15) is 4.79 Å². The van der Waals surface area contributed by atoms with E-state index in [1.54, 1.807) is 0 Å². The maximum absolute atomic E-state index is 11.2. The number of hydrogen-bond donors (Lipinski definition) is 0. The van der Waals surface area contributed by atoms with Crippen LogP contribution in [0.3, 0.4) is 0 Å². The molecule has 1 atom stereocenters. The van der Waals surface area contributed by atoms with Crippen LogP contribution in [0.25, 0.3) is 0 Å². The van der Waals surface area contributed by atoms with Crippen LogP contribution in [0.2, 0.25) is 0 Å². The summed E-state index contributed by atoms with van der Waals surface area (Å²) in [5.41, 5.74) is 4.27. The van der Waals surface area contributed by atoms with Crippen molar-refractivity contribution >= 4 is 5.78 Å². The second-order valence-corrected chi connectivity index (χ2v) is 5.81. The molecule has 1 unspecified atom stereocenters. The third kappa shape index (κ3) is 4.34. The Bertz CT molecular complexity index is 453. The minimum absolute atomic E-state index is 0.400. The van der Waals surface area contributed by atoms with Crippen molar-refractivity contribution in [2.45, 2.75) is 58.3 Å². The van der Waals surface area contributed by atoms with Gasteiger partial charge in [-0.3, -0.25) is 4.79 Å². The van der Waals surface area contributed by atoms with Crippen molar-refractivity contribution in [1.82, 2.24) is 0 Å². The van der Waals surface area contributed by atoms with Crippen LogP contribution in [0.1, 0.15) is 62.5 Å². The highest BCUT2D eigenvalue weighted by molar-refractivity contribution is 5.81. The van der Waals surface area contributed by atoms with Gasteiger partial charge in [-0.05, 0) is 44.1 Å². The smallest absolute Gasteiger partial charge is 0.136 e. The zero-order valence-electron chi connectivity index (χ0n) is 12.1. The molecule has 0 amide bonds. The van der Waals surface area contributed by atoms with E-state index in [0.717, 1.165) is 12.8 Å². The minimum Gasteiger partial charge on any atom is -0.299 e. The van der Waals surface area contributed by atoms with Crippen LogP contribution in [0.4, 0.5) is 0 Å². The summed E-state index contributed by atoms with van der Waals surface area (Å²) in [4.78, 5) is 11.2. The molecule has 102 valence electrons. The van der Waals surface area contributed by atoms with Gasteiger partial charge in [0.25, 0.3) is 0 Å². The molecule has 1 heteroatoms. The first-order chi connectivity index (χ1) is 9.15.